The van der Waals surface area contributed by atoms with Gasteiger partial charge in [0.15, 0.2) is 0 Å². The van der Waals surface area contributed by atoms with E-state index in [9.17, 15) is 4.79 Å². The smallest absolute Gasteiger partial charge is 0.318 e. The maximum absolute atomic E-state index is 12.6. The second kappa shape index (κ2) is 8.36. The minimum absolute atomic E-state index is 0.0388. The van der Waals surface area contributed by atoms with E-state index in [2.05, 4.69) is 19.2 Å². The molecule has 1 aliphatic heterocycles. The van der Waals surface area contributed by atoms with Gasteiger partial charge in [-0.05, 0) is 31.9 Å². The van der Waals surface area contributed by atoms with Gasteiger partial charge < -0.3 is 24.1 Å². The van der Waals surface area contributed by atoms with Gasteiger partial charge in [-0.15, -0.1) is 0 Å². The fraction of sp³-hybridized carbons (Fsp3) is 0.706. The van der Waals surface area contributed by atoms with Crippen LogP contribution in [0.4, 0.5) is 4.79 Å². The molecule has 6 heteroatoms. The van der Waals surface area contributed by atoms with Crippen molar-refractivity contribution in [2.24, 2.45) is 5.92 Å². The average molecular weight is 324 g/mol. The number of amides is 2. The summed E-state index contributed by atoms with van der Waals surface area (Å²) in [6.45, 7) is 10.8. The first-order valence-electron chi connectivity index (χ1n) is 8.26. The molecule has 2 amide bonds. The van der Waals surface area contributed by atoms with Crippen LogP contribution in [0.15, 0.2) is 16.5 Å². The molecule has 1 aromatic heterocycles. The van der Waals surface area contributed by atoms with Crippen LogP contribution in [-0.4, -0.2) is 49.9 Å². The molecule has 6 nitrogen and oxygen atoms in total. The van der Waals surface area contributed by atoms with Crippen LogP contribution in [0.2, 0.25) is 0 Å². The van der Waals surface area contributed by atoms with Crippen LogP contribution in [-0.2, 0) is 9.47 Å². The van der Waals surface area contributed by atoms with Crippen LogP contribution >= 0.6 is 0 Å². The third-order valence-corrected chi connectivity index (χ3v) is 3.67. The van der Waals surface area contributed by atoms with Crippen molar-refractivity contribution in [1.82, 2.24) is 10.2 Å². The number of aryl methyl sites for hydroxylation is 1. The molecule has 0 aliphatic carbocycles. The Hall–Kier alpha value is -1.53. The number of urea groups is 1. The first kappa shape index (κ1) is 17.8. The second-order valence-corrected chi connectivity index (χ2v) is 6.51. The predicted molar refractivity (Wildman–Crippen MR) is 87.4 cm³/mol. The number of morpholine rings is 1. The molecule has 0 unspecified atom stereocenters. The molecule has 1 N–H and O–H groups in total. The number of carbonyl (C=O) groups is 1. The minimum Gasteiger partial charge on any atom is -0.464 e. The zero-order chi connectivity index (χ0) is 16.8. The highest BCUT2D eigenvalue weighted by Crippen LogP contribution is 2.25. The van der Waals surface area contributed by atoms with E-state index in [-0.39, 0.29) is 18.1 Å². The van der Waals surface area contributed by atoms with E-state index in [0.717, 1.165) is 11.5 Å². The first-order chi connectivity index (χ1) is 11.0. The van der Waals surface area contributed by atoms with E-state index in [1.165, 1.54) is 0 Å². The molecule has 0 bridgehead atoms. The Kier molecular flexibility index (Phi) is 6.47. The van der Waals surface area contributed by atoms with Gasteiger partial charge in [0.1, 0.15) is 17.6 Å². The highest BCUT2D eigenvalue weighted by Gasteiger charge is 2.31. The van der Waals surface area contributed by atoms with Gasteiger partial charge >= 0.3 is 6.03 Å². The van der Waals surface area contributed by atoms with Gasteiger partial charge in [-0.3, -0.25) is 0 Å². The largest absolute Gasteiger partial charge is 0.464 e. The molecule has 1 aromatic rings. The Balaban J connectivity index is 1.90. The van der Waals surface area contributed by atoms with Crippen molar-refractivity contribution < 1.29 is 18.7 Å². The van der Waals surface area contributed by atoms with E-state index in [1.54, 1.807) is 4.90 Å². The molecule has 1 saturated heterocycles. The summed E-state index contributed by atoms with van der Waals surface area (Å²) in [5.41, 5.74) is 0. The quantitative estimate of drug-likeness (QED) is 0.874. The van der Waals surface area contributed by atoms with Crippen molar-refractivity contribution in [3.8, 4) is 0 Å². The molecule has 2 atom stereocenters. The first-order valence-corrected chi connectivity index (χ1v) is 8.26. The molecule has 2 rings (SSSR count). The Morgan fingerprint density at radius 3 is 2.83 bits per heavy atom. The fourth-order valence-electron chi connectivity index (χ4n) is 2.53. The van der Waals surface area contributed by atoms with Crippen LogP contribution in [0.1, 0.15) is 38.3 Å². The normalized spacial score (nSPS) is 19.9. The highest BCUT2D eigenvalue weighted by atomic mass is 16.5. The Morgan fingerprint density at radius 2 is 2.17 bits per heavy atom. The standard InChI is InChI=1S/C17H28N2O4/c1-12(2)9-22-10-13(3)18-17(20)19-7-8-21-11-15(19)16-6-5-14(4)23-16/h5-6,12-13,15H,7-11H2,1-4H3,(H,18,20)/t13-,15-/m0/s1. The number of hydrogen-bond donors (Lipinski definition) is 1. The number of nitrogens with zero attached hydrogens (tertiary/aromatic N) is 1. The molecular formula is C17H28N2O4. The van der Waals surface area contributed by atoms with Gasteiger partial charge in [-0.2, -0.15) is 0 Å². The van der Waals surface area contributed by atoms with Gasteiger partial charge in [0.05, 0.1) is 25.9 Å². The molecule has 0 radical (unpaired) electrons. The summed E-state index contributed by atoms with van der Waals surface area (Å²) < 4.78 is 16.8. The van der Waals surface area contributed by atoms with E-state index in [4.69, 9.17) is 13.9 Å². The second-order valence-electron chi connectivity index (χ2n) is 6.51. The molecule has 0 saturated carbocycles. The SMILES string of the molecule is Cc1ccc([C@@H]2COCCN2C(=O)N[C@@H](C)COCC(C)C)o1. The van der Waals surface area contributed by atoms with Gasteiger partial charge in [-0.1, -0.05) is 13.8 Å². The van der Waals surface area contributed by atoms with E-state index in [1.807, 2.05) is 26.0 Å². The lowest BCUT2D eigenvalue weighted by Gasteiger charge is -2.35. The van der Waals surface area contributed by atoms with Crippen LogP contribution in [0.3, 0.4) is 0 Å². The molecule has 130 valence electrons. The lowest BCUT2D eigenvalue weighted by atomic mass is 10.2. The van der Waals surface area contributed by atoms with Crippen LogP contribution in [0, 0.1) is 12.8 Å². The molecule has 0 aromatic carbocycles. The number of rotatable bonds is 6. The van der Waals surface area contributed by atoms with Crippen molar-refractivity contribution in [2.45, 2.75) is 39.8 Å². The average Bonchev–Trinajstić information content (AvgIpc) is 2.93. The summed E-state index contributed by atoms with van der Waals surface area (Å²) in [4.78, 5) is 14.3. The van der Waals surface area contributed by atoms with Crippen LogP contribution < -0.4 is 5.32 Å². The Morgan fingerprint density at radius 1 is 1.39 bits per heavy atom. The highest BCUT2D eigenvalue weighted by molar-refractivity contribution is 5.75. The van der Waals surface area contributed by atoms with E-state index < -0.39 is 0 Å². The van der Waals surface area contributed by atoms with Crippen molar-refractivity contribution in [2.75, 3.05) is 33.0 Å². The molecular weight excluding hydrogens is 296 g/mol. The summed E-state index contributed by atoms with van der Waals surface area (Å²) in [5.74, 6) is 2.09. The Bertz CT molecular complexity index is 501. The van der Waals surface area contributed by atoms with E-state index in [0.29, 0.717) is 38.9 Å². The fourth-order valence-corrected chi connectivity index (χ4v) is 2.53. The number of ether oxygens (including phenoxy) is 2. The number of carbonyl (C=O) groups excluding carboxylic acids is 1. The van der Waals surface area contributed by atoms with Crippen LogP contribution in [0.5, 0.6) is 0 Å². The summed E-state index contributed by atoms with van der Waals surface area (Å²) >= 11 is 0. The van der Waals surface area contributed by atoms with Gasteiger partial charge in [-0.25, -0.2) is 4.79 Å². The zero-order valence-electron chi connectivity index (χ0n) is 14.5. The van der Waals surface area contributed by atoms with Crippen molar-refractivity contribution in [1.29, 1.82) is 0 Å². The molecule has 1 fully saturated rings. The van der Waals surface area contributed by atoms with E-state index >= 15 is 0 Å². The number of nitrogens with one attached hydrogen (secondary N) is 1. The molecule has 2 heterocycles. The lowest BCUT2D eigenvalue weighted by Crippen LogP contribution is -2.50. The third kappa shape index (κ3) is 5.25. The van der Waals surface area contributed by atoms with Crippen molar-refractivity contribution >= 4 is 6.03 Å². The molecule has 1 aliphatic rings. The summed E-state index contributed by atoms with van der Waals surface area (Å²) in [7, 11) is 0. The van der Waals surface area contributed by atoms with Crippen molar-refractivity contribution in [3.05, 3.63) is 23.7 Å². The minimum atomic E-state index is -0.179. The van der Waals surface area contributed by atoms with Gasteiger partial charge in [0, 0.05) is 13.2 Å². The summed E-state index contributed by atoms with van der Waals surface area (Å²) in [5, 5.41) is 2.99. The number of hydrogen-bond acceptors (Lipinski definition) is 4. The summed E-state index contributed by atoms with van der Waals surface area (Å²) in [6.07, 6.45) is 0. The maximum atomic E-state index is 12.6. The molecule has 23 heavy (non-hydrogen) atoms. The van der Waals surface area contributed by atoms with Crippen LogP contribution in [0.25, 0.3) is 0 Å². The topological polar surface area (TPSA) is 63.9 Å². The van der Waals surface area contributed by atoms with Gasteiger partial charge in [0.2, 0.25) is 0 Å². The Labute approximate surface area is 138 Å². The zero-order valence-corrected chi connectivity index (χ0v) is 14.5. The van der Waals surface area contributed by atoms with Gasteiger partial charge in [0.25, 0.3) is 0 Å². The lowest BCUT2D eigenvalue weighted by molar-refractivity contribution is 0.00256. The summed E-state index contributed by atoms with van der Waals surface area (Å²) in [6, 6.07) is 3.49. The predicted octanol–water partition coefficient (Wildman–Crippen LogP) is 2.73. The monoisotopic (exact) mass is 324 g/mol. The molecule has 0 spiro atoms. The van der Waals surface area contributed by atoms with Crippen molar-refractivity contribution in [3.63, 3.8) is 0 Å². The maximum Gasteiger partial charge on any atom is 0.318 e. The number of furan rings is 1. The third-order valence-electron chi connectivity index (χ3n) is 3.67.